The zero-order valence-corrected chi connectivity index (χ0v) is 14.1. The van der Waals surface area contributed by atoms with Gasteiger partial charge in [-0.15, -0.1) is 0 Å². The number of hydrogen-bond donors (Lipinski definition) is 0. The second-order valence-electron chi connectivity index (χ2n) is 5.50. The summed E-state index contributed by atoms with van der Waals surface area (Å²) in [5.41, 5.74) is 2.08. The van der Waals surface area contributed by atoms with Gasteiger partial charge in [-0.1, -0.05) is 36.4 Å². The summed E-state index contributed by atoms with van der Waals surface area (Å²) in [5, 5.41) is 5.06. The molecule has 0 atom stereocenters. The van der Waals surface area contributed by atoms with Gasteiger partial charge in [0, 0.05) is 11.1 Å². The van der Waals surface area contributed by atoms with E-state index in [-0.39, 0.29) is 0 Å². The van der Waals surface area contributed by atoms with Gasteiger partial charge < -0.3 is 4.74 Å². The molecule has 2 aromatic rings. The molecule has 0 N–H and O–H groups in total. The quantitative estimate of drug-likeness (QED) is 0.635. The van der Waals surface area contributed by atoms with Crippen molar-refractivity contribution in [2.75, 3.05) is 6.61 Å². The maximum absolute atomic E-state index is 12.7. The van der Waals surface area contributed by atoms with Crippen LogP contribution in [0.1, 0.15) is 29.8 Å². The lowest BCUT2D eigenvalue weighted by atomic mass is 10.1. The lowest BCUT2D eigenvalue weighted by molar-refractivity contribution is -0.123. The summed E-state index contributed by atoms with van der Waals surface area (Å²) in [5.74, 6) is -0.185. The van der Waals surface area contributed by atoms with Crippen LogP contribution in [0, 0.1) is 0 Å². The Morgan fingerprint density at radius 1 is 1.12 bits per heavy atom. The number of carbonyl (C=O) groups is 2. The molecule has 0 unspecified atom stereocenters. The number of imide groups is 1. The van der Waals surface area contributed by atoms with Crippen LogP contribution in [-0.2, 0) is 4.79 Å². The highest BCUT2D eigenvalue weighted by Crippen LogP contribution is 2.25. The first-order chi connectivity index (χ1) is 12.1. The van der Waals surface area contributed by atoms with Gasteiger partial charge >= 0.3 is 0 Å². The lowest BCUT2D eigenvalue weighted by Gasteiger charge is -2.10. The minimum atomic E-state index is -0.438. The summed E-state index contributed by atoms with van der Waals surface area (Å²) in [4.78, 5) is 25.2. The smallest absolute Gasteiger partial charge is 0.283 e. The first kappa shape index (κ1) is 16.6. The molecule has 0 spiro atoms. The Morgan fingerprint density at radius 2 is 1.80 bits per heavy atom. The molecule has 0 fully saturated rings. The maximum atomic E-state index is 12.7. The van der Waals surface area contributed by atoms with Crippen molar-refractivity contribution in [3.8, 4) is 5.75 Å². The van der Waals surface area contributed by atoms with Gasteiger partial charge in [0.05, 0.1) is 17.9 Å². The molecule has 0 saturated heterocycles. The van der Waals surface area contributed by atoms with E-state index in [2.05, 4.69) is 5.10 Å². The van der Waals surface area contributed by atoms with E-state index in [9.17, 15) is 9.59 Å². The van der Waals surface area contributed by atoms with Crippen molar-refractivity contribution in [1.82, 2.24) is 5.01 Å². The van der Waals surface area contributed by atoms with Gasteiger partial charge in [0.2, 0.25) is 0 Å². The zero-order chi connectivity index (χ0) is 17.8. The second-order valence-corrected chi connectivity index (χ2v) is 5.50. The maximum Gasteiger partial charge on any atom is 0.283 e. The average Bonchev–Trinajstić information content (AvgIpc) is 2.92. The van der Waals surface area contributed by atoms with Crippen molar-refractivity contribution in [2.45, 2.75) is 13.8 Å². The molecule has 2 aromatic carbocycles. The summed E-state index contributed by atoms with van der Waals surface area (Å²) in [6.07, 6.45) is 1.71. The van der Waals surface area contributed by atoms with E-state index in [1.165, 1.54) is 0 Å². The normalized spacial score (nSPS) is 15.4. The van der Waals surface area contributed by atoms with Crippen LogP contribution in [0.5, 0.6) is 5.75 Å². The number of hydrazone groups is 1. The predicted octanol–water partition coefficient (Wildman–Crippen LogP) is 3.53. The number of benzene rings is 2. The summed E-state index contributed by atoms with van der Waals surface area (Å²) >= 11 is 0. The van der Waals surface area contributed by atoms with Crippen molar-refractivity contribution < 1.29 is 14.3 Å². The third kappa shape index (κ3) is 3.35. The van der Waals surface area contributed by atoms with Gasteiger partial charge in [0.25, 0.3) is 11.8 Å². The molecular weight excluding hydrogens is 316 g/mol. The molecule has 0 bridgehead atoms. The van der Waals surface area contributed by atoms with Crippen LogP contribution in [0.15, 0.2) is 65.3 Å². The standard InChI is InChI=1S/C20H18N2O3/c1-3-25-18-12-8-7-11-16(18)13-17-14(2)21-22(20(17)24)19(23)15-9-5-4-6-10-15/h4-13H,3H2,1-2H3/b17-13+. The number of nitrogens with zero attached hydrogens (tertiary/aromatic N) is 2. The molecule has 5 heteroatoms. The molecule has 5 nitrogen and oxygen atoms in total. The Labute approximate surface area is 146 Å². The monoisotopic (exact) mass is 334 g/mol. The van der Waals surface area contributed by atoms with Gasteiger partial charge in [-0.2, -0.15) is 10.1 Å². The van der Waals surface area contributed by atoms with Crippen LogP contribution in [0.3, 0.4) is 0 Å². The van der Waals surface area contributed by atoms with E-state index < -0.39 is 11.8 Å². The third-order valence-electron chi connectivity index (χ3n) is 3.79. The molecule has 2 amide bonds. The summed E-state index contributed by atoms with van der Waals surface area (Å²) in [6.45, 7) is 4.14. The SMILES string of the molecule is CCOc1ccccc1/C=C1/C(=O)N(C(=O)c2ccccc2)N=C1C. The van der Waals surface area contributed by atoms with E-state index in [1.807, 2.05) is 37.3 Å². The number of ether oxygens (including phenoxy) is 1. The van der Waals surface area contributed by atoms with Gasteiger partial charge in [-0.05, 0) is 38.1 Å². The van der Waals surface area contributed by atoms with E-state index >= 15 is 0 Å². The fourth-order valence-electron chi connectivity index (χ4n) is 2.57. The van der Waals surface area contributed by atoms with Crippen LogP contribution in [-0.4, -0.2) is 29.1 Å². The molecule has 0 radical (unpaired) electrons. The highest BCUT2D eigenvalue weighted by Gasteiger charge is 2.33. The molecule has 0 aliphatic carbocycles. The summed E-state index contributed by atoms with van der Waals surface area (Å²) in [6, 6.07) is 16.1. The number of amides is 2. The van der Waals surface area contributed by atoms with E-state index in [0.717, 1.165) is 10.6 Å². The minimum Gasteiger partial charge on any atom is -0.493 e. The number of rotatable bonds is 4. The number of hydrogen-bond acceptors (Lipinski definition) is 4. The molecular formula is C20H18N2O3. The Kier molecular flexibility index (Phi) is 4.75. The van der Waals surface area contributed by atoms with Crippen molar-refractivity contribution in [3.05, 3.63) is 71.3 Å². The number of para-hydroxylation sites is 1. The summed E-state index contributed by atoms with van der Waals surface area (Å²) < 4.78 is 5.59. The largest absolute Gasteiger partial charge is 0.493 e. The van der Waals surface area contributed by atoms with E-state index in [1.54, 1.807) is 37.3 Å². The Balaban J connectivity index is 1.92. The number of carbonyl (C=O) groups excluding carboxylic acids is 2. The van der Waals surface area contributed by atoms with Crippen molar-refractivity contribution in [1.29, 1.82) is 0 Å². The van der Waals surface area contributed by atoms with Crippen LogP contribution in [0.25, 0.3) is 6.08 Å². The Morgan fingerprint density at radius 3 is 2.52 bits per heavy atom. The first-order valence-corrected chi connectivity index (χ1v) is 8.04. The van der Waals surface area contributed by atoms with Crippen LogP contribution < -0.4 is 4.74 Å². The molecule has 0 saturated carbocycles. The molecule has 126 valence electrons. The fraction of sp³-hybridized carbons (Fsp3) is 0.150. The minimum absolute atomic E-state index is 0.386. The fourth-order valence-corrected chi connectivity index (χ4v) is 2.57. The van der Waals surface area contributed by atoms with Gasteiger partial charge in [0.1, 0.15) is 5.75 Å². The summed E-state index contributed by atoms with van der Waals surface area (Å²) in [7, 11) is 0. The molecule has 0 aromatic heterocycles. The highest BCUT2D eigenvalue weighted by molar-refractivity contribution is 6.30. The van der Waals surface area contributed by atoms with Crippen LogP contribution in [0.2, 0.25) is 0 Å². The van der Waals surface area contributed by atoms with Crippen molar-refractivity contribution >= 4 is 23.6 Å². The topological polar surface area (TPSA) is 59.0 Å². The molecule has 25 heavy (non-hydrogen) atoms. The molecule has 1 heterocycles. The van der Waals surface area contributed by atoms with E-state index in [4.69, 9.17) is 4.74 Å². The highest BCUT2D eigenvalue weighted by atomic mass is 16.5. The van der Waals surface area contributed by atoms with Crippen LogP contribution >= 0.6 is 0 Å². The Hall–Kier alpha value is -3.21. The molecule has 1 aliphatic heterocycles. The van der Waals surface area contributed by atoms with Gasteiger partial charge in [0.15, 0.2) is 0 Å². The average molecular weight is 334 g/mol. The second kappa shape index (κ2) is 7.13. The third-order valence-corrected chi connectivity index (χ3v) is 3.79. The van der Waals surface area contributed by atoms with Crippen molar-refractivity contribution in [3.63, 3.8) is 0 Å². The predicted molar refractivity (Wildman–Crippen MR) is 96.3 cm³/mol. The molecule has 3 rings (SSSR count). The lowest BCUT2D eigenvalue weighted by Crippen LogP contribution is -2.29. The van der Waals surface area contributed by atoms with E-state index in [0.29, 0.717) is 29.2 Å². The van der Waals surface area contributed by atoms with Gasteiger partial charge in [-0.3, -0.25) is 9.59 Å². The van der Waals surface area contributed by atoms with Gasteiger partial charge in [-0.25, -0.2) is 0 Å². The molecule has 1 aliphatic rings. The van der Waals surface area contributed by atoms with Crippen molar-refractivity contribution in [2.24, 2.45) is 5.10 Å². The zero-order valence-electron chi connectivity index (χ0n) is 14.1. The first-order valence-electron chi connectivity index (χ1n) is 8.04. The van der Waals surface area contributed by atoms with Crippen LogP contribution in [0.4, 0.5) is 0 Å². The Bertz CT molecular complexity index is 870.